The van der Waals surface area contributed by atoms with E-state index in [0.717, 1.165) is 21.7 Å². The molecule has 0 aliphatic carbocycles. The topological polar surface area (TPSA) is 128 Å². The molecule has 10 heteroatoms. The number of nitrogens with one attached hydrogen (secondary N) is 3. The molecule has 224 valence electrons. The highest BCUT2D eigenvalue weighted by molar-refractivity contribution is 8.00. The van der Waals surface area contributed by atoms with Gasteiger partial charge >= 0.3 is 5.97 Å². The molecule has 0 unspecified atom stereocenters. The Hall–Kier alpha value is -5.35. The molecule has 4 aromatic rings. The maximum Gasteiger partial charge on any atom is 0.335 e. The van der Waals surface area contributed by atoms with Crippen molar-refractivity contribution in [3.05, 3.63) is 125 Å². The number of carboxylic acid groups (broad SMARTS) is 1. The van der Waals surface area contributed by atoms with Gasteiger partial charge in [-0.3, -0.25) is 14.4 Å². The average Bonchev–Trinajstić information content (AvgIpc) is 3.02. The summed E-state index contributed by atoms with van der Waals surface area (Å²) in [4.78, 5) is 52.8. The number of hydrogen-bond acceptors (Lipinski definition) is 6. The minimum absolute atomic E-state index is 0.0776. The number of anilines is 3. The second-order valence-corrected chi connectivity index (χ2v) is 11.1. The molecule has 0 atom stereocenters. The second-order valence-electron chi connectivity index (χ2n) is 10.0. The van der Waals surface area contributed by atoms with E-state index in [2.05, 4.69) is 16.0 Å². The summed E-state index contributed by atoms with van der Waals surface area (Å²) in [7, 11) is 3.87. The zero-order valence-corrected chi connectivity index (χ0v) is 25.3. The first-order valence-corrected chi connectivity index (χ1v) is 14.6. The number of carbonyl (C=O) groups is 4. The van der Waals surface area contributed by atoms with Gasteiger partial charge in [0.2, 0.25) is 5.91 Å². The number of benzene rings is 4. The van der Waals surface area contributed by atoms with Crippen molar-refractivity contribution in [3.63, 3.8) is 0 Å². The first kappa shape index (κ1) is 31.6. The quantitative estimate of drug-likeness (QED) is 0.123. The Morgan fingerprint density at radius 2 is 1.50 bits per heavy atom. The van der Waals surface area contributed by atoms with E-state index < -0.39 is 17.8 Å². The molecule has 0 saturated carbocycles. The second kappa shape index (κ2) is 14.7. The van der Waals surface area contributed by atoms with Gasteiger partial charge < -0.3 is 26.0 Å². The van der Waals surface area contributed by atoms with Gasteiger partial charge in [0.25, 0.3) is 11.8 Å². The van der Waals surface area contributed by atoms with Crippen molar-refractivity contribution in [2.45, 2.75) is 11.8 Å². The summed E-state index contributed by atoms with van der Waals surface area (Å²) < 4.78 is 0. The van der Waals surface area contributed by atoms with Crippen LogP contribution in [0.5, 0.6) is 0 Å². The van der Waals surface area contributed by atoms with Crippen molar-refractivity contribution in [1.29, 1.82) is 0 Å². The molecule has 0 aromatic heterocycles. The zero-order valence-electron chi connectivity index (χ0n) is 24.5. The third-order valence-electron chi connectivity index (χ3n) is 6.49. The van der Waals surface area contributed by atoms with Crippen molar-refractivity contribution in [2.75, 3.05) is 35.4 Å². The highest BCUT2D eigenvalue weighted by atomic mass is 32.2. The first-order chi connectivity index (χ1) is 21.1. The van der Waals surface area contributed by atoms with Crippen molar-refractivity contribution in [2.24, 2.45) is 0 Å². The number of carboxylic acids is 1. The summed E-state index contributed by atoms with van der Waals surface area (Å²) in [6, 6.07) is 27.7. The molecule has 4 aromatic carbocycles. The van der Waals surface area contributed by atoms with Gasteiger partial charge in [0.15, 0.2) is 0 Å². The number of nitrogens with zero attached hydrogens (tertiary/aromatic N) is 1. The van der Waals surface area contributed by atoms with Crippen molar-refractivity contribution in [3.8, 4) is 0 Å². The van der Waals surface area contributed by atoms with Crippen molar-refractivity contribution < 1.29 is 24.3 Å². The van der Waals surface area contributed by atoms with Crippen LogP contribution in [0.4, 0.5) is 17.1 Å². The molecule has 9 nitrogen and oxygen atoms in total. The average molecular weight is 609 g/mol. The summed E-state index contributed by atoms with van der Waals surface area (Å²) in [6.45, 7) is 1.79. The van der Waals surface area contributed by atoms with Crippen LogP contribution in [0, 0.1) is 6.92 Å². The Balaban J connectivity index is 1.41. The minimum atomic E-state index is -1.07. The summed E-state index contributed by atoms with van der Waals surface area (Å²) in [5.74, 6) is -2.15. The number of hydrogen-bond donors (Lipinski definition) is 4. The number of rotatable bonds is 11. The van der Waals surface area contributed by atoms with Gasteiger partial charge in [0.05, 0.1) is 11.3 Å². The number of aryl methyl sites for hydroxylation is 1. The summed E-state index contributed by atoms with van der Waals surface area (Å²) in [5.41, 5.74) is 4.04. The third-order valence-corrected chi connectivity index (χ3v) is 7.50. The van der Waals surface area contributed by atoms with Gasteiger partial charge in [-0.15, -0.1) is 11.8 Å². The molecule has 4 N–H and O–H groups in total. The summed E-state index contributed by atoms with van der Waals surface area (Å²) in [5, 5.41) is 17.5. The molecule has 0 fully saturated rings. The molecule has 0 saturated heterocycles. The lowest BCUT2D eigenvalue weighted by molar-refractivity contribution is -0.114. The van der Waals surface area contributed by atoms with Gasteiger partial charge in [-0.25, -0.2) is 4.79 Å². The highest BCUT2D eigenvalue weighted by Gasteiger charge is 2.16. The normalized spacial score (nSPS) is 10.9. The Morgan fingerprint density at radius 3 is 2.14 bits per heavy atom. The van der Waals surface area contributed by atoms with Crippen LogP contribution in [-0.2, 0) is 9.59 Å². The van der Waals surface area contributed by atoms with E-state index in [1.807, 2.05) is 49.3 Å². The molecule has 4 rings (SSSR count). The SMILES string of the molecule is Cc1ccc(C(=O)O)cc1NC(=O)CSc1ccc(NC(=O)/C(=C/c2ccc(N(C)C)cc2)NC(=O)c2ccccc2)cc1. The lowest BCUT2D eigenvalue weighted by atomic mass is 10.1. The van der Waals surface area contributed by atoms with Crippen molar-refractivity contribution >= 4 is 58.6 Å². The smallest absolute Gasteiger partial charge is 0.335 e. The molecule has 0 aliphatic heterocycles. The lowest BCUT2D eigenvalue weighted by Gasteiger charge is -2.13. The molecule has 0 heterocycles. The van der Waals surface area contributed by atoms with Gasteiger partial charge in [-0.05, 0) is 84.8 Å². The molecule has 0 aliphatic rings. The minimum Gasteiger partial charge on any atom is -0.478 e. The number of carbonyl (C=O) groups excluding carboxylic acids is 3. The Labute approximate surface area is 260 Å². The summed E-state index contributed by atoms with van der Waals surface area (Å²) >= 11 is 1.30. The van der Waals surface area contributed by atoms with Crippen molar-refractivity contribution in [1.82, 2.24) is 5.32 Å². The monoisotopic (exact) mass is 608 g/mol. The van der Waals surface area contributed by atoms with Gasteiger partial charge in [-0.1, -0.05) is 36.4 Å². The van der Waals surface area contributed by atoms with E-state index in [1.54, 1.807) is 67.6 Å². The fourth-order valence-electron chi connectivity index (χ4n) is 4.04. The zero-order chi connectivity index (χ0) is 31.6. The maximum absolute atomic E-state index is 13.3. The Morgan fingerprint density at radius 1 is 0.818 bits per heavy atom. The molecule has 0 spiro atoms. The van der Waals surface area contributed by atoms with Crippen LogP contribution in [0.1, 0.15) is 31.8 Å². The first-order valence-electron chi connectivity index (χ1n) is 13.6. The predicted molar refractivity (Wildman–Crippen MR) is 175 cm³/mol. The molecule has 44 heavy (non-hydrogen) atoms. The Kier molecular flexibility index (Phi) is 10.6. The standard InChI is InChI=1S/C34H32N4O5S/c1-22-9-12-25(34(42)43)20-29(22)36-31(39)21-44-28-17-13-26(14-18-28)35-33(41)30(37-32(40)24-7-5-4-6-8-24)19-23-10-15-27(16-11-23)38(2)3/h4-20H,21H2,1-3H3,(H,35,41)(H,36,39)(H,37,40)(H,42,43)/b30-19-. The lowest BCUT2D eigenvalue weighted by Crippen LogP contribution is -2.30. The van der Waals surface area contributed by atoms with E-state index in [4.69, 9.17) is 0 Å². The van der Waals surface area contributed by atoms with Gasteiger partial charge in [0, 0.05) is 41.6 Å². The molecule has 0 radical (unpaired) electrons. The molecule has 0 bridgehead atoms. The van der Waals surface area contributed by atoms with Crippen LogP contribution in [-0.4, -0.2) is 48.6 Å². The summed E-state index contributed by atoms with van der Waals surface area (Å²) in [6.07, 6.45) is 1.62. The Bertz CT molecular complexity index is 1690. The predicted octanol–water partition coefficient (Wildman–Crippen LogP) is 5.90. The van der Waals surface area contributed by atoms with E-state index in [9.17, 15) is 24.3 Å². The molecule has 3 amide bonds. The number of amides is 3. The number of thioether (sulfide) groups is 1. The fourth-order valence-corrected chi connectivity index (χ4v) is 4.73. The molecular weight excluding hydrogens is 576 g/mol. The van der Waals surface area contributed by atoms with E-state index in [1.165, 1.54) is 23.9 Å². The van der Waals surface area contributed by atoms with Crippen LogP contribution in [0.15, 0.2) is 108 Å². The van der Waals surface area contributed by atoms with Crippen LogP contribution in [0.3, 0.4) is 0 Å². The van der Waals surface area contributed by atoms with Gasteiger partial charge in [-0.2, -0.15) is 0 Å². The van der Waals surface area contributed by atoms with Gasteiger partial charge in [0.1, 0.15) is 5.70 Å². The van der Waals surface area contributed by atoms with E-state index in [0.29, 0.717) is 16.9 Å². The van der Waals surface area contributed by atoms with Crippen LogP contribution in [0.2, 0.25) is 0 Å². The fraction of sp³-hybridized carbons (Fsp3) is 0.118. The third kappa shape index (κ3) is 8.83. The number of aromatic carboxylic acids is 1. The van der Waals surface area contributed by atoms with Crippen LogP contribution >= 0.6 is 11.8 Å². The largest absolute Gasteiger partial charge is 0.478 e. The molecular formula is C34H32N4O5S. The maximum atomic E-state index is 13.3. The van der Waals surface area contributed by atoms with Crippen LogP contribution in [0.25, 0.3) is 6.08 Å². The highest BCUT2D eigenvalue weighted by Crippen LogP contribution is 2.23. The van der Waals surface area contributed by atoms with E-state index >= 15 is 0 Å². The van der Waals surface area contributed by atoms with E-state index in [-0.39, 0.29) is 22.9 Å². The van der Waals surface area contributed by atoms with Crippen LogP contribution < -0.4 is 20.9 Å².